The fraction of sp³-hybridized carbons (Fsp3) is 0.784. The summed E-state index contributed by atoms with van der Waals surface area (Å²) in [5.74, 6) is -5.58. The number of carboxylic acids is 1. The van der Waals surface area contributed by atoms with Crippen LogP contribution in [-0.4, -0.2) is 124 Å². The van der Waals surface area contributed by atoms with E-state index in [9.17, 15) is 43.5 Å². The molecule has 0 bridgehead atoms. The van der Waals surface area contributed by atoms with Crippen molar-refractivity contribution in [3.8, 4) is 0 Å². The molecular formula is C37H64N8O9. The van der Waals surface area contributed by atoms with E-state index in [0.29, 0.717) is 38.6 Å². The summed E-state index contributed by atoms with van der Waals surface area (Å²) in [6.45, 7) is 16.1. The second-order valence-corrected chi connectivity index (χ2v) is 16.1. The Bertz CT molecular complexity index is 1370. The zero-order valence-electron chi connectivity index (χ0n) is 33.4. The lowest BCUT2D eigenvalue weighted by Crippen LogP contribution is -2.60. The van der Waals surface area contributed by atoms with E-state index in [0.717, 1.165) is 0 Å². The standard InChI is InChI=1S/C37H64N8O9/c1-19(2)16-24(38)35(51)44-14-10-12-26(44)31(47)39-18-28(46)42-29(21(5)6)34(50)41-25(17-20(3)4)36(52)45-15-11-13-27(45)32(48)43-30(22(7)8)33(49)40-23(9)37(53)54/h19-27,29-30H,10-18,38H2,1-9H3,(H,39,47)(H,40,49)(H,41,50)(H,42,46)(H,43,48)(H,53,54)/t23-,24-,25-,26-,27-,29-,30-/m0/s1. The van der Waals surface area contributed by atoms with Crippen LogP contribution < -0.4 is 32.3 Å². The number of hydrogen-bond donors (Lipinski definition) is 7. The summed E-state index contributed by atoms with van der Waals surface area (Å²) in [6, 6.07) is -6.70. The Morgan fingerprint density at radius 3 is 1.63 bits per heavy atom. The van der Waals surface area contributed by atoms with E-state index in [1.165, 1.54) is 16.7 Å². The van der Waals surface area contributed by atoms with E-state index < -0.39 is 96.2 Å². The number of carbonyl (C=O) groups is 8. The first kappa shape index (κ1) is 45.9. The Balaban J connectivity index is 2.10. The molecule has 54 heavy (non-hydrogen) atoms. The number of amides is 7. The predicted molar refractivity (Wildman–Crippen MR) is 200 cm³/mol. The maximum atomic E-state index is 14.0. The minimum Gasteiger partial charge on any atom is -0.480 e. The molecule has 17 nitrogen and oxygen atoms in total. The molecule has 0 aromatic carbocycles. The van der Waals surface area contributed by atoms with Crippen molar-refractivity contribution in [1.82, 2.24) is 36.4 Å². The van der Waals surface area contributed by atoms with Crippen LogP contribution in [0, 0.1) is 23.7 Å². The van der Waals surface area contributed by atoms with E-state index in [1.54, 1.807) is 27.7 Å². The summed E-state index contributed by atoms with van der Waals surface area (Å²) in [4.78, 5) is 107. The average Bonchev–Trinajstić information content (AvgIpc) is 3.77. The van der Waals surface area contributed by atoms with E-state index in [4.69, 9.17) is 5.73 Å². The number of nitrogens with two attached hydrogens (primary N) is 1. The summed E-state index contributed by atoms with van der Waals surface area (Å²) in [6.07, 6.45) is 2.63. The van der Waals surface area contributed by atoms with Gasteiger partial charge in [0.15, 0.2) is 0 Å². The first-order valence-corrected chi connectivity index (χ1v) is 19.2. The average molecular weight is 765 g/mol. The van der Waals surface area contributed by atoms with Crippen LogP contribution in [0.3, 0.4) is 0 Å². The van der Waals surface area contributed by atoms with Gasteiger partial charge in [0.1, 0.15) is 36.3 Å². The van der Waals surface area contributed by atoms with E-state index in [1.807, 2.05) is 27.7 Å². The van der Waals surface area contributed by atoms with Crippen molar-refractivity contribution >= 4 is 47.3 Å². The van der Waals surface area contributed by atoms with Gasteiger partial charge in [0.05, 0.1) is 12.6 Å². The van der Waals surface area contributed by atoms with E-state index in [2.05, 4.69) is 26.6 Å². The van der Waals surface area contributed by atoms with Gasteiger partial charge in [-0.1, -0.05) is 55.4 Å². The molecule has 0 saturated carbocycles. The second-order valence-electron chi connectivity index (χ2n) is 16.1. The molecule has 0 aliphatic carbocycles. The van der Waals surface area contributed by atoms with Crippen LogP contribution in [0.4, 0.5) is 0 Å². The van der Waals surface area contributed by atoms with Gasteiger partial charge in [-0.3, -0.25) is 38.4 Å². The van der Waals surface area contributed by atoms with Crippen molar-refractivity contribution in [2.45, 2.75) is 143 Å². The van der Waals surface area contributed by atoms with Gasteiger partial charge in [-0.25, -0.2) is 0 Å². The van der Waals surface area contributed by atoms with Gasteiger partial charge in [0.25, 0.3) is 0 Å². The molecule has 2 fully saturated rings. The SMILES string of the molecule is CC(C)C[C@H](NC(=O)[C@@H](NC(=O)CNC(=O)[C@@H]1CCCN1C(=O)[C@@H](N)CC(C)C)C(C)C)C(=O)N1CCC[C@H]1C(=O)N[C@H](C(=O)N[C@@H](C)C(=O)O)C(C)C. The van der Waals surface area contributed by atoms with Crippen molar-refractivity contribution in [1.29, 1.82) is 0 Å². The number of aliphatic carboxylic acids is 1. The maximum absolute atomic E-state index is 14.0. The van der Waals surface area contributed by atoms with Gasteiger partial charge < -0.3 is 47.2 Å². The molecule has 2 aliphatic rings. The fourth-order valence-corrected chi connectivity index (χ4v) is 6.78. The molecule has 0 aromatic heterocycles. The zero-order chi connectivity index (χ0) is 41.0. The quantitative estimate of drug-likeness (QED) is 0.0917. The van der Waals surface area contributed by atoms with Crippen LogP contribution in [0.25, 0.3) is 0 Å². The summed E-state index contributed by atoms with van der Waals surface area (Å²) in [5, 5.41) is 22.3. The van der Waals surface area contributed by atoms with Crippen molar-refractivity contribution in [3.05, 3.63) is 0 Å². The number of rotatable bonds is 19. The summed E-state index contributed by atoms with van der Waals surface area (Å²) in [5.41, 5.74) is 6.09. The zero-order valence-corrected chi connectivity index (χ0v) is 33.4. The normalized spacial score (nSPS) is 20.0. The molecule has 306 valence electrons. The molecule has 7 amide bonds. The van der Waals surface area contributed by atoms with E-state index >= 15 is 0 Å². The predicted octanol–water partition coefficient (Wildman–Crippen LogP) is -0.140. The molecule has 8 N–H and O–H groups in total. The molecule has 2 aliphatic heterocycles. The monoisotopic (exact) mass is 764 g/mol. The van der Waals surface area contributed by atoms with Crippen LogP contribution in [0.1, 0.15) is 101 Å². The third-order valence-electron chi connectivity index (χ3n) is 9.71. The largest absolute Gasteiger partial charge is 0.480 e. The van der Waals surface area contributed by atoms with Gasteiger partial charge in [0.2, 0.25) is 41.4 Å². The lowest BCUT2D eigenvalue weighted by Gasteiger charge is -2.32. The lowest BCUT2D eigenvalue weighted by atomic mass is 9.99. The van der Waals surface area contributed by atoms with Crippen molar-refractivity contribution in [2.75, 3.05) is 19.6 Å². The summed E-state index contributed by atoms with van der Waals surface area (Å²) < 4.78 is 0. The highest BCUT2D eigenvalue weighted by atomic mass is 16.4. The highest BCUT2D eigenvalue weighted by molar-refractivity contribution is 5.97. The highest BCUT2D eigenvalue weighted by Gasteiger charge is 2.41. The first-order chi connectivity index (χ1) is 25.2. The molecular weight excluding hydrogens is 700 g/mol. The highest BCUT2D eigenvalue weighted by Crippen LogP contribution is 2.22. The Labute approximate surface area is 319 Å². The fourth-order valence-electron chi connectivity index (χ4n) is 6.78. The number of hydrogen-bond acceptors (Lipinski definition) is 9. The number of likely N-dealkylation sites (tertiary alicyclic amines) is 2. The molecule has 2 heterocycles. The summed E-state index contributed by atoms with van der Waals surface area (Å²) >= 11 is 0. The number of carboxylic acid groups (broad SMARTS) is 1. The van der Waals surface area contributed by atoms with Crippen LogP contribution in [0.2, 0.25) is 0 Å². The summed E-state index contributed by atoms with van der Waals surface area (Å²) in [7, 11) is 0. The molecule has 0 spiro atoms. The molecule has 0 radical (unpaired) electrons. The maximum Gasteiger partial charge on any atom is 0.325 e. The first-order valence-electron chi connectivity index (χ1n) is 19.2. The van der Waals surface area contributed by atoms with Gasteiger partial charge in [-0.15, -0.1) is 0 Å². The van der Waals surface area contributed by atoms with Gasteiger partial charge in [-0.05, 0) is 69.1 Å². The second kappa shape index (κ2) is 21.0. The van der Waals surface area contributed by atoms with Crippen molar-refractivity contribution < 1.29 is 43.5 Å². The Kier molecular flexibility index (Phi) is 17.8. The minimum atomic E-state index is -1.22. The molecule has 2 rings (SSSR count). The Morgan fingerprint density at radius 1 is 0.648 bits per heavy atom. The van der Waals surface area contributed by atoms with Crippen LogP contribution >= 0.6 is 0 Å². The minimum absolute atomic E-state index is 0.0383. The number of carbonyl (C=O) groups excluding carboxylic acids is 7. The van der Waals surface area contributed by atoms with Crippen molar-refractivity contribution in [2.24, 2.45) is 29.4 Å². The van der Waals surface area contributed by atoms with Crippen molar-refractivity contribution in [3.63, 3.8) is 0 Å². The van der Waals surface area contributed by atoms with Gasteiger partial charge >= 0.3 is 5.97 Å². The molecule has 0 unspecified atom stereocenters. The smallest absolute Gasteiger partial charge is 0.325 e. The Morgan fingerprint density at radius 2 is 1.13 bits per heavy atom. The van der Waals surface area contributed by atoms with E-state index in [-0.39, 0.29) is 36.6 Å². The van der Waals surface area contributed by atoms with Crippen LogP contribution in [0.15, 0.2) is 0 Å². The molecule has 17 heteroatoms. The molecule has 7 atom stereocenters. The van der Waals surface area contributed by atoms with Gasteiger partial charge in [-0.2, -0.15) is 0 Å². The Hall–Kier alpha value is -4.28. The number of nitrogens with zero attached hydrogens (tertiary/aromatic N) is 2. The van der Waals surface area contributed by atoms with Gasteiger partial charge in [0, 0.05) is 13.1 Å². The van der Waals surface area contributed by atoms with Crippen LogP contribution in [-0.2, 0) is 38.4 Å². The molecule has 2 saturated heterocycles. The van der Waals surface area contributed by atoms with Crippen LogP contribution in [0.5, 0.6) is 0 Å². The lowest BCUT2D eigenvalue weighted by molar-refractivity contribution is -0.144. The third kappa shape index (κ3) is 13.2. The molecule has 0 aromatic rings. The number of nitrogens with one attached hydrogen (secondary N) is 5. The third-order valence-corrected chi connectivity index (χ3v) is 9.71. The topological polar surface area (TPSA) is 249 Å².